The van der Waals surface area contributed by atoms with E-state index in [-0.39, 0.29) is 0 Å². The standard InChI is InChI=1S/C11H12ClNO2/c1-8-5-11(15-2)10(12)6-9(8)3-4-13-7-14/h5-6H,3-4H2,1-2H3. The molecule has 0 saturated carbocycles. The molecule has 1 aromatic carbocycles. The smallest absolute Gasteiger partial charge is 0.234 e. The molecule has 0 fully saturated rings. The first-order valence-electron chi connectivity index (χ1n) is 4.55. The summed E-state index contributed by atoms with van der Waals surface area (Å²) < 4.78 is 5.09. The van der Waals surface area contributed by atoms with E-state index in [1.54, 1.807) is 7.11 Å². The zero-order chi connectivity index (χ0) is 11.3. The van der Waals surface area contributed by atoms with Crippen molar-refractivity contribution in [3.8, 4) is 5.75 Å². The van der Waals surface area contributed by atoms with E-state index in [0.29, 0.717) is 23.7 Å². The molecule has 0 aromatic heterocycles. The molecule has 80 valence electrons. The fourth-order valence-electron chi connectivity index (χ4n) is 1.34. The topological polar surface area (TPSA) is 38.7 Å². The Labute approximate surface area is 93.7 Å². The van der Waals surface area contributed by atoms with Crippen LogP contribution in [0, 0.1) is 6.92 Å². The molecule has 0 radical (unpaired) electrons. The van der Waals surface area contributed by atoms with Gasteiger partial charge in [0.25, 0.3) is 0 Å². The van der Waals surface area contributed by atoms with Crippen molar-refractivity contribution < 1.29 is 9.53 Å². The Balaban J connectivity index is 2.89. The van der Waals surface area contributed by atoms with Gasteiger partial charge in [-0.25, -0.2) is 9.79 Å². The zero-order valence-electron chi connectivity index (χ0n) is 8.71. The van der Waals surface area contributed by atoms with Gasteiger partial charge in [-0.05, 0) is 36.6 Å². The lowest BCUT2D eigenvalue weighted by Crippen LogP contribution is -1.95. The minimum absolute atomic E-state index is 0.437. The van der Waals surface area contributed by atoms with E-state index in [2.05, 4.69) is 4.99 Å². The summed E-state index contributed by atoms with van der Waals surface area (Å²) in [5.74, 6) is 0.664. The summed E-state index contributed by atoms with van der Waals surface area (Å²) >= 11 is 5.98. The van der Waals surface area contributed by atoms with Crippen molar-refractivity contribution in [2.45, 2.75) is 13.3 Å². The first kappa shape index (κ1) is 11.8. The van der Waals surface area contributed by atoms with Crippen LogP contribution < -0.4 is 4.74 Å². The van der Waals surface area contributed by atoms with Crippen molar-refractivity contribution in [1.29, 1.82) is 0 Å². The van der Waals surface area contributed by atoms with E-state index in [4.69, 9.17) is 16.3 Å². The van der Waals surface area contributed by atoms with E-state index in [0.717, 1.165) is 11.1 Å². The highest BCUT2D eigenvalue weighted by atomic mass is 35.5. The summed E-state index contributed by atoms with van der Waals surface area (Å²) in [7, 11) is 1.58. The molecular weight excluding hydrogens is 214 g/mol. The second kappa shape index (κ2) is 5.54. The Kier molecular flexibility index (Phi) is 4.35. The molecule has 0 amide bonds. The SMILES string of the molecule is COc1cc(C)c(CCN=C=O)cc1Cl. The number of aryl methyl sites for hydroxylation is 1. The summed E-state index contributed by atoms with van der Waals surface area (Å²) in [5, 5.41) is 0.577. The summed E-state index contributed by atoms with van der Waals surface area (Å²) in [6, 6.07) is 3.72. The number of benzene rings is 1. The second-order valence-corrected chi connectivity index (χ2v) is 3.54. The largest absolute Gasteiger partial charge is 0.495 e. The Morgan fingerprint density at radius 2 is 2.27 bits per heavy atom. The van der Waals surface area contributed by atoms with Gasteiger partial charge in [-0.2, -0.15) is 0 Å². The predicted molar refractivity (Wildman–Crippen MR) is 59.4 cm³/mol. The van der Waals surface area contributed by atoms with Gasteiger partial charge in [0.1, 0.15) is 5.75 Å². The Hall–Kier alpha value is -1.31. The summed E-state index contributed by atoms with van der Waals surface area (Å²) in [4.78, 5) is 13.4. The third-order valence-electron chi connectivity index (χ3n) is 2.17. The van der Waals surface area contributed by atoms with Crippen molar-refractivity contribution in [3.05, 3.63) is 28.3 Å². The maximum atomic E-state index is 9.91. The van der Waals surface area contributed by atoms with Crippen molar-refractivity contribution in [1.82, 2.24) is 0 Å². The average molecular weight is 226 g/mol. The first-order valence-corrected chi connectivity index (χ1v) is 4.93. The summed E-state index contributed by atoms with van der Waals surface area (Å²) in [6.45, 7) is 2.41. The third kappa shape index (κ3) is 3.08. The number of carbonyl (C=O) groups excluding carboxylic acids is 1. The van der Waals surface area contributed by atoms with E-state index in [9.17, 15) is 4.79 Å². The summed E-state index contributed by atoms with van der Waals surface area (Å²) in [5.41, 5.74) is 2.15. The normalized spacial score (nSPS) is 9.53. The number of hydrogen-bond donors (Lipinski definition) is 0. The van der Waals surface area contributed by atoms with E-state index >= 15 is 0 Å². The number of nitrogens with zero attached hydrogens (tertiary/aromatic N) is 1. The van der Waals surface area contributed by atoms with Crippen LogP contribution in [0.25, 0.3) is 0 Å². The number of methoxy groups -OCH3 is 1. The summed E-state index contributed by atoms with van der Waals surface area (Å²) in [6.07, 6.45) is 2.20. The quantitative estimate of drug-likeness (QED) is 0.584. The Morgan fingerprint density at radius 3 is 2.87 bits per heavy atom. The van der Waals surface area contributed by atoms with Crippen LogP contribution >= 0.6 is 11.6 Å². The monoisotopic (exact) mass is 225 g/mol. The number of aliphatic imine (C=N–C) groups is 1. The molecule has 0 bridgehead atoms. The predicted octanol–water partition coefficient (Wildman–Crippen LogP) is 2.54. The highest BCUT2D eigenvalue weighted by molar-refractivity contribution is 6.32. The molecule has 1 aromatic rings. The van der Waals surface area contributed by atoms with Crippen LogP contribution in [0.4, 0.5) is 0 Å². The van der Waals surface area contributed by atoms with Crippen LogP contribution in [0.1, 0.15) is 11.1 Å². The molecule has 0 saturated heterocycles. The lowest BCUT2D eigenvalue weighted by molar-refractivity contribution is 0.414. The van der Waals surface area contributed by atoms with Gasteiger partial charge in [-0.3, -0.25) is 0 Å². The number of rotatable bonds is 4. The number of ether oxygens (including phenoxy) is 1. The van der Waals surface area contributed by atoms with Crippen molar-refractivity contribution in [2.75, 3.05) is 13.7 Å². The van der Waals surface area contributed by atoms with Crippen LogP contribution in [0.5, 0.6) is 5.75 Å². The fourth-order valence-corrected chi connectivity index (χ4v) is 1.61. The highest BCUT2D eigenvalue weighted by Gasteiger charge is 2.05. The van der Waals surface area contributed by atoms with Crippen molar-refractivity contribution in [2.24, 2.45) is 4.99 Å². The van der Waals surface area contributed by atoms with Gasteiger partial charge >= 0.3 is 0 Å². The van der Waals surface area contributed by atoms with Crippen LogP contribution in [0.2, 0.25) is 5.02 Å². The van der Waals surface area contributed by atoms with Crippen LogP contribution in [-0.2, 0) is 11.2 Å². The molecule has 0 aliphatic heterocycles. The second-order valence-electron chi connectivity index (χ2n) is 3.14. The van der Waals surface area contributed by atoms with Gasteiger partial charge in [-0.1, -0.05) is 11.6 Å². The minimum Gasteiger partial charge on any atom is -0.495 e. The number of hydrogen-bond acceptors (Lipinski definition) is 3. The van der Waals surface area contributed by atoms with E-state index in [1.165, 1.54) is 6.08 Å². The van der Waals surface area contributed by atoms with Crippen molar-refractivity contribution in [3.63, 3.8) is 0 Å². The first-order chi connectivity index (χ1) is 7.19. The molecule has 0 unspecified atom stereocenters. The lowest BCUT2D eigenvalue weighted by atomic mass is 10.1. The zero-order valence-corrected chi connectivity index (χ0v) is 9.47. The lowest BCUT2D eigenvalue weighted by Gasteiger charge is -2.08. The molecule has 0 aliphatic rings. The third-order valence-corrected chi connectivity index (χ3v) is 2.46. The molecule has 15 heavy (non-hydrogen) atoms. The Morgan fingerprint density at radius 1 is 1.53 bits per heavy atom. The molecule has 3 nitrogen and oxygen atoms in total. The van der Waals surface area contributed by atoms with Gasteiger partial charge in [0.05, 0.1) is 18.7 Å². The molecule has 0 aliphatic carbocycles. The van der Waals surface area contributed by atoms with Gasteiger partial charge in [-0.15, -0.1) is 0 Å². The molecule has 0 heterocycles. The highest BCUT2D eigenvalue weighted by Crippen LogP contribution is 2.27. The van der Waals surface area contributed by atoms with E-state index in [1.807, 2.05) is 19.1 Å². The van der Waals surface area contributed by atoms with Crippen LogP contribution in [0.3, 0.4) is 0 Å². The molecular formula is C11H12ClNO2. The molecule has 1 rings (SSSR count). The van der Waals surface area contributed by atoms with E-state index < -0.39 is 0 Å². The molecule has 0 atom stereocenters. The number of isocyanates is 1. The molecule has 0 N–H and O–H groups in total. The average Bonchev–Trinajstić information content (AvgIpc) is 2.23. The minimum atomic E-state index is 0.437. The maximum absolute atomic E-state index is 9.91. The van der Waals surface area contributed by atoms with Crippen LogP contribution in [-0.4, -0.2) is 19.7 Å². The van der Waals surface area contributed by atoms with Gasteiger partial charge in [0, 0.05) is 0 Å². The van der Waals surface area contributed by atoms with Crippen LogP contribution in [0.15, 0.2) is 17.1 Å². The van der Waals surface area contributed by atoms with Gasteiger partial charge in [0.15, 0.2) is 0 Å². The molecule has 0 spiro atoms. The molecule has 4 heteroatoms. The maximum Gasteiger partial charge on any atom is 0.234 e. The van der Waals surface area contributed by atoms with Gasteiger partial charge in [0.2, 0.25) is 6.08 Å². The fraction of sp³-hybridized carbons (Fsp3) is 0.364. The number of halogens is 1. The van der Waals surface area contributed by atoms with Crippen molar-refractivity contribution >= 4 is 17.7 Å². The van der Waals surface area contributed by atoms with Gasteiger partial charge < -0.3 is 4.74 Å². The Bertz CT molecular complexity index is 398.